The van der Waals surface area contributed by atoms with E-state index in [2.05, 4.69) is 0 Å². The van der Waals surface area contributed by atoms with E-state index in [4.69, 9.17) is 30.3 Å². The zero-order chi connectivity index (χ0) is 7.15. The van der Waals surface area contributed by atoms with Crippen LogP contribution in [0.15, 0.2) is 0 Å². The van der Waals surface area contributed by atoms with Crippen molar-refractivity contribution in [2.75, 3.05) is 0 Å². The summed E-state index contributed by atoms with van der Waals surface area (Å²) in [7, 11) is 0. The van der Waals surface area contributed by atoms with Gasteiger partial charge in [-0.05, 0) is 6.16 Å². The van der Waals surface area contributed by atoms with Crippen molar-refractivity contribution < 1.29 is 71.5 Å². The molecule has 48 valence electrons. The van der Waals surface area contributed by atoms with E-state index in [1.165, 1.54) is 0 Å². The van der Waals surface area contributed by atoms with Crippen LogP contribution in [-0.4, -0.2) is 56.7 Å². The van der Waals surface area contributed by atoms with Gasteiger partial charge in [0.1, 0.15) is 0 Å². The van der Waals surface area contributed by atoms with Crippen molar-refractivity contribution in [2.45, 2.75) is 0 Å². The Labute approximate surface area is 135 Å². The summed E-state index contributed by atoms with van der Waals surface area (Å²) >= 11 is 0. The monoisotopic (exact) mass is 249 g/mol. The van der Waals surface area contributed by atoms with Crippen molar-refractivity contribution >= 4 is 51.6 Å². The van der Waals surface area contributed by atoms with Crippen molar-refractivity contribution in [3.63, 3.8) is 0 Å². The third kappa shape index (κ3) is 281. The van der Waals surface area contributed by atoms with Gasteiger partial charge < -0.3 is 30.3 Å². The molecule has 9 heteroatoms. The molecule has 0 saturated heterocycles. The van der Waals surface area contributed by atoms with Crippen LogP contribution < -0.4 is 61.6 Å². The van der Waals surface area contributed by atoms with Gasteiger partial charge in [0.15, 0.2) is 0 Å². The molecule has 0 bridgehead atoms. The Bertz CT molecular complexity index is 75.7. The van der Waals surface area contributed by atoms with Crippen LogP contribution >= 0.6 is 0 Å². The predicted octanol–water partition coefficient (Wildman–Crippen LogP) is -6.06. The minimum atomic E-state index is -2.33. The largest absolute Gasteiger partial charge is 2.00 e. The maximum Gasteiger partial charge on any atom is 2.00 e. The molecule has 0 aliphatic heterocycles. The van der Waals surface area contributed by atoms with Gasteiger partial charge in [-0.1, -0.05) is 0 Å². The third-order valence-electron chi connectivity index (χ3n) is 0. The van der Waals surface area contributed by atoms with Crippen LogP contribution in [0.2, 0.25) is 0 Å². The molecule has 0 fully saturated rings. The second kappa shape index (κ2) is 16.9. The SMILES string of the molecule is O=C([O-])[O-].O=[N+]([O-])[O-].[K+].[Sr+2]. The van der Waals surface area contributed by atoms with Crippen molar-refractivity contribution in [1.29, 1.82) is 0 Å². The number of hydrogen-bond donors (Lipinski definition) is 0. The molecule has 0 N–H and O–H groups in total. The Morgan fingerprint density at radius 1 is 1.20 bits per heavy atom. The van der Waals surface area contributed by atoms with Gasteiger partial charge in [-0.25, -0.2) is 0 Å². The zero-order valence-electron chi connectivity index (χ0n) is 5.10. The van der Waals surface area contributed by atoms with E-state index >= 15 is 0 Å². The number of carbonyl (C=O) groups is 1. The summed E-state index contributed by atoms with van der Waals surface area (Å²) in [5, 5.41) is 31.4. The third-order valence-corrected chi connectivity index (χ3v) is 0. The van der Waals surface area contributed by atoms with Crippen LogP contribution in [0.1, 0.15) is 0 Å². The summed E-state index contributed by atoms with van der Waals surface area (Å²) in [6, 6.07) is 0. The molecule has 10 heavy (non-hydrogen) atoms. The van der Waals surface area contributed by atoms with Crippen molar-refractivity contribution in [3.8, 4) is 0 Å². The average Bonchev–Trinajstić information content (AvgIpc) is 1.25. The van der Waals surface area contributed by atoms with Crippen LogP contribution in [0.4, 0.5) is 4.79 Å². The van der Waals surface area contributed by atoms with Crippen LogP contribution in [0, 0.1) is 15.3 Å². The first-order valence-electron chi connectivity index (χ1n) is 1.16. The second-order valence-corrected chi connectivity index (χ2v) is 0.474. The molecule has 0 atom stereocenters. The van der Waals surface area contributed by atoms with E-state index in [1.807, 2.05) is 0 Å². The Morgan fingerprint density at radius 3 is 1.20 bits per heavy atom. The molecule has 0 radical (unpaired) electrons. The smallest absolute Gasteiger partial charge is 0.652 e. The molecule has 0 aliphatic rings. The summed E-state index contributed by atoms with van der Waals surface area (Å²) < 4.78 is 0. The van der Waals surface area contributed by atoms with Crippen LogP contribution in [-0.2, 0) is 0 Å². The molecule has 0 saturated carbocycles. The van der Waals surface area contributed by atoms with Gasteiger partial charge >= 0.3 is 96.9 Å². The van der Waals surface area contributed by atoms with E-state index in [0.717, 1.165) is 0 Å². The van der Waals surface area contributed by atoms with E-state index < -0.39 is 11.2 Å². The maximum atomic E-state index is 8.33. The molecule has 0 heterocycles. The molecule has 0 spiro atoms. The first-order chi connectivity index (χ1) is 3.46. The number of carbonyl (C=O) groups excluding carboxylic acids is 1. The minimum Gasteiger partial charge on any atom is -0.652 e. The maximum absolute atomic E-state index is 8.33. The fourth-order valence-electron chi connectivity index (χ4n) is 0. The summed E-state index contributed by atoms with van der Waals surface area (Å²) in [4.78, 5) is 16.6. The zero-order valence-corrected chi connectivity index (χ0v) is 11.7. The Hall–Kier alpha value is 1.59. The van der Waals surface area contributed by atoms with Gasteiger partial charge in [0.2, 0.25) is 0 Å². The number of rotatable bonds is 0. The topological polar surface area (TPSA) is 129 Å². The minimum absolute atomic E-state index is 0. The molecule has 0 aliphatic carbocycles. The molecule has 0 aromatic carbocycles. The van der Waals surface area contributed by atoms with Crippen molar-refractivity contribution in [3.05, 3.63) is 15.3 Å². The molecule has 0 aromatic heterocycles. The van der Waals surface area contributed by atoms with Crippen LogP contribution in [0.3, 0.4) is 0 Å². The van der Waals surface area contributed by atoms with Gasteiger partial charge in [-0.15, -0.1) is 0 Å². The molecule has 0 amide bonds. The van der Waals surface area contributed by atoms with Crippen LogP contribution in [0.25, 0.3) is 0 Å². The Balaban J connectivity index is -0.0000000300. The first kappa shape index (κ1) is 22.6. The number of hydrogen-bond acceptors (Lipinski definition) is 6. The fourth-order valence-corrected chi connectivity index (χ4v) is 0. The van der Waals surface area contributed by atoms with Gasteiger partial charge in [-0.3, -0.25) is 0 Å². The number of carboxylic acid groups (broad SMARTS) is 2. The van der Waals surface area contributed by atoms with Gasteiger partial charge in [0, 0.05) is 0 Å². The summed E-state index contributed by atoms with van der Waals surface area (Å²) in [5.41, 5.74) is 0. The van der Waals surface area contributed by atoms with E-state index in [-0.39, 0.29) is 96.9 Å². The predicted molar refractivity (Wildman–Crippen MR) is 21.5 cm³/mol. The van der Waals surface area contributed by atoms with Gasteiger partial charge in [0.25, 0.3) is 0 Å². The molecule has 0 aromatic rings. The van der Waals surface area contributed by atoms with Crippen molar-refractivity contribution in [2.24, 2.45) is 0 Å². The van der Waals surface area contributed by atoms with E-state index in [9.17, 15) is 0 Å². The normalized spacial score (nSPS) is 4.80. The van der Waals surface area contributed by atoms with Gasteiger partial charge in [-0.2, -0.15) is 0 Å². The molecule has 0 rings (SSSR count). The van der Waals surface area contributed by atoms with Gasteiger partial charge in [0.05, 0.1) is 5.09 Å². The Morgan fingerprint density at radius 2 is 1.20 bits per heavy atom. The summed E-state index contributed by atoms with van der Waals surface area (Å²) in [6.07, 6.45) is -2.33. The van der Waals surface area contributed by atoms with E-state index in [0.29, 0.717) is 0 Å². The van der Waals surface area contributed by atoms with Crippen LogP contribution in [0.5, 0.6) is 0 Å². The average molecular weight is 249 g/mol. The van der Waals surface area contributed by atoms with E-state index in [1.54, 1.807) is 0 Å². The number of nitrogens with zero attached hydrogens (tertiary/aromatic N) is 1. The standard InChI is InChI=1S/CH2O3.K.NO3.Sr/c2-1(3)4;;2-1(3)4;/h(H2,2,3,4);;;/q;+1;-1;+2/p-2. The fraction of sp³-hybridized carbons (Fsp3) is 0. The molecular formula is CKNO6Sr. The van der Waals surface area contributed by atoms with Crippen molar-refractivity contribution in [1.82, 2.24) is 0 Å². The molecule has 0 unspecified atom stereocenters. The quantitative estimate of drug-likeness (QED) is 0.238. The second-order valence-electron chi connectivity index (χ2n) is 0.474. The summed E-state index contributed by atoms with van der Waals surface area (Å²) in [6.45, 7) is 0. The first-order valence-corrected chi connectivity index (χ1v) is 1.16. The molecule has 7 nitrogen and oxygen atoms in total. The Kier molecular flexibility index (Phi) is 38.1. The molecular weight excluding hydrogens is 249 g/mol. The summed E-state index contributed by atoms with van der Waals surface area (Å²) in [5.74, 6) is 0.